The van der Waals surface area contributed by atoms with Gasteiger partial charge < -0.3 is 4.74 Å². The van der Waals surface area contributed by atoms with Gasteiger partial charge in [0.15, 0.2) is 6.61 Å². The van der Waals surface area contributed by atoms with Gasteiger partial charge in [0.1, 0.15) is 0 Å². The highest BCUT2D eigenvalue weighted by Gasteiger charge is 2.07. The molecule has 0 atom stereocenters. The molecular weight excluding hydrogens is 330 g/mol. The van der Waals surface area contributed by atoms with Crippen molar-refractivity contribution in [3.8, 4) is 11.8 Å². The van der Waals surface area contributed by atoms with Crippen LogP contribution in [0.2, 0.25) is 5.02 Å². The van der Waals surface area contributed by atoms with Gasteiger partial charge in [0.05, 0.1) is 10.5 Å². The number of nitro groups is 1. The number of benzene rings is 2. The third kappa shape index (κ3) is 5.27. The minimum Gasteiger partial charge on any atom is -0.449 e. The molecule has 0 aliphatic rings. The number of halogens is 1. The minimum atomic E-state index is -0.597. The summed E-state index contributed by atoms with van der Waals surface area (Å²) < 4.78 is 4.94. The van der Waals surface area contributed by atoms with Gasteiger partial charge in [0.2, 0.25) is 0 Å². The Balaban J connectivity index is 2.02. The largest absolute Gasteiger partial charge is 0.449 e. The average molecular weight is 342 g/mol. The van der Waals surface area contributed by atoms with E-state index in [1.165, 1.54) is 6.08 Å². The maximum absolute atomic E-state index is 11.7. The summed E-state index contributed by atoms with van der Waals surface area (Å²) in [6.07, 6.45) is 1.32. The number of ether oxygens (including phenoxy) is 1. The quantitative estimate of drug-likeness (QED) is 0.367. The zero-order valence-corrected chi connectivity index (χ0v) is 13.2. The van der Waals surface area contributed by atoms with Crippen LogP contribution in [-0.4, -0.2) is 17.5 Å². The summed E-state index contributed by atoms with van der Waals surface area (Å²) in [4.78, 5) is 22.1. The van der Waals surface area contributed by atoms with Crippen molar-refractivity contribution in [1.82, 2.24) is 0 Å². The molecule has 24 heavy (non-hydrogen) atoms. The van der Waals surface area contributed by atoms with E-state index >= 15 is 0 Å². The molecule has 0 bridgehead atoms. The van der Waals surface area contributed by atoms with Crippen molar-refractivity contribution in [1.29, 1.82) is 0 Å². The van der Waals surface area contributed by atoms with Gasteiger partial charge in [-0.15, -0.1) is 0 Å². The lowest BCUT2D eigenvalue weighted by Gasteiger charge is -1.99. The maximum Gasteiger partial charge on any atom is 0.339 e. The molecule has 2 rings (SSSR count). The molecule has 0 saturated heterocycles. The SMILES string of the molecule is O=C(OCC#C/C(=C\c1ccc(Cl)cc1)[N+](=O)[O-])c1ccccc1. The van der Waals surface area contributed by atoms with E-state index in [9.17, 15) is 14.9 Å². The van der Waals surface area contributed by atoms with E-state index in [2.05, 4.69) is 11.8 Å². The average Bonchev–Trinajstić information content (AvgIpc) is 2.59. The van der Waals surface area contributed by atoms with Gasteiger partial charge in [-0.2, -0.15) is 0 Å². The first-order chi connectivity index (χ1) is 11.6. The monoisotopic (exact) mass is 341 g/mol. The van der Waals surface area contributed by atoms with Crippen LogP contribution in [-0.2, 0) is 4.74 Å². The van der Waals surface area contributed by atoms with Crippen molar-refractivity contribution < 1.29 is 14.5 Å². The Morgan fingerprint density at radius 2 is 1.83 bits per heavy atom. The predicted octanol–water partition coefficient (Wildman–Crippen LogP) is 3.82. The first-order valence-electron chi connectivity index (χ1n) is 6.89. The Bertz CT molecular complexity index is 818. The van der Waals surface area contributed by atoms with Gasteiger partial charge in [-0.25, -0.2) is 4.79 Å². The summed E-state index contributed by atoms with van der Waals surface area (Å²) in [5, 5.41) is 11.6. The van der Waals surface area contributed by atoms with Crippen LogP contribution in [0, 0.1) is 22.0 Å². The second-order valence-corrected chi connectivity index (χ2v) is 5.02. The van der Waals surface area contributed by atoms with E-state index in [4.69, 9.17) is 16.3 Å². The zero-order valence-electron chi connectivity index (χ0n) is 12.4. The van der Waals surface area contributed by atoms with Crippen LogP contribution in [0.15, 0.2) is 60.3 Å². The number of esters is 1. The van der Waals surface area contributed by atoms with Gasteiger partial charge in [0, 0.05) is 17.0 Å². The molecule has 0 heterocycles. The van der Waals surface area contributed by atoms with Crippen molar-refractivity contribution in [2.24, 2.45) is 0 Å². The number of hydrogen-bond donors (Lipinski definition) is 0. The van der Waals surface area contributed by atoms with Crippen molar-refractivity contribution in [3.05, 3.63) is 86.6 Å². The molecule has 6 heteroatoms. The number of carbonyl (C=O) groups is 1. The summed E-state index contributed by atoms with van der Waals surface area (Å²) in [6, 6.07) is 15.0. The standard InChI is InChI=1S/C18H12ClNO4/c19-16-10-8-14(9-11-16)13-17(20(22)23)7-4-12-24-18(21)15-5-2-1-3-6-15/h1-3,5-6,8-11,13H,12H2/b17-13+. The van der Waals surface area contributed by atoms with Gasteiger partial charge in [0.25, 0.3) is 0 Å². The number of carbonyl (C=O) groups excluding carboxylic acids is 1. The fraction of sp³-hybridized carbons (Fsp3) is 0.0556. The van der Waals surface area contributed by atoms with Crippen LogP contribution in [0.1, 0.15) is 15.9 Å². The highest BCUT2D eigenvalue weighted by atomic mass is 35.5. The van der Waals surface area contributed by atoms with E-state index in [0.717, 1.165) is 0 Å². The normalized spacial score (nSPS) is 10.5. The molecule has 0 aromatic heterocycles. The van der Waals surface area contributed by atoms with E-state index < -0.39 is 10.9 Å². The summed E-state index contributed by atoms with van der Waals surface area (Å²) >= 11 is 5.76. The van der Waals surface area contributed by atoms with Gasteiger partial charge in [-0.05, 0) is 29.8 Å². The van der Waals surface area contributed by atoms with Crippen LogP contribution in [0.5, 0.6) is 0 Å². The van der Waals surface area contributed by atoms with Crippen molar-refractivity contribution in [2.75, 3.05) is 6.61 Å². The molecule has 0 aliphatic carbocycles. The van der Waals surface area contributed by atoms with Crippen LogP contribution in [0.4, 0.5) is 0 Å². The van der Waals surface area contributed by atoms with Crippen LogP contribution < -0.4 is 0 Å². The third-order valence-corrected chi connectivity index (χ3v) is 3.12. The molecular formula is C18H12ClNO4. The lowest BCUT2D eigenvalue weighted by Crippen LogP contribution is -2.05. The predicted molar refractivity (Wildman–Crippen MR) is 90.9 cm³/mol. The Kier molecular flexibility index (Phi) is 6.12. The Morgan fingerprint density at radius 1 is 1.17 bits per heavy atom. The molecule has 2 aromatic rings. The molecule has 0 saturated carbocycles. The van der Waals surface area contributed by atoms with Gasteiger partial charge in [-0.3, -0.25) is 10.1 Å². The molecule has 0 radical (unpaired) electrons. The van der Waals surface area contributed by atoms with E-state index in [0.29, 0.717) is 16.1 Å². The summed E-state index contributed by atoms with van der Waals surface area (Å²) in [6.45, 7) is -0.237. The molecule has 0 aliphatic heterocycles. The zero-order chi connectivity index (χ0) is 17.4. The van der Waals surface area contributed by atoms with Crippen molar-refractivity contribution in [3.63, 3.8) is 0 Å². The molecule has 120 valence electrons. The second-order valence-electron chi connectivity index (χ2n) is 4.58. The first kappa shape index (κ1) is 17.3. The first-order valence-corrected chi connectivity index (χ1v) is 7.27. The minimum absolute atomic E-state index is 0.237. The Morgan fingerprint density at radius 3 is 2.46 bits per heavy atom. The maximum atomic E-state index is 11.7. The van der Waals surface area contributed by atoms with Crippen molar-refractivity contribution in [2.45, 2.75) is 0 Å². The smallest absolute Gasteiger partial charge is 0.339 e. The van der Waals surface area contributed by atoms with Crippen molar-refractivity contribution >= 4 is 23.6 Å². The molecule has 0 spiro atoms. The number of allylic oxidation sites excluding steroid dienone is 1. The lowest BCUT2D eigenvalue weighted by molar-refractivity contribution is -0.415. The van der Waals surface area contributed by atoms with Gasteiger partial charge in [-0.1, -0.05) is 47.9 Å². The third-order valence-electron chi connectivity index (χ3n) is 2.87. The van der Waals surface area contributed by atoms with Gasteiger partial charge >= 0.3 is 11.7 Å². The van der Waals surface area contributed by atoms with Crippen LogP contribution in [0.3, 0.4) is 0 Å². The molecule has 0 N–H and O–H groups in total. The molecule has 5 nitrogen and oxygen atoms in total. The highest BCUT2D eigenvalue weighted by molar-refractivity contribution is 6.30. The molecule has 0 unspecified atom stereocenters. The topological polar surface area (TPSA) is 69.4 Å². The molecule has 0 amide bonds. The van der Waals surface area contributed by atoms with E-state index in [1.807, 2.05) is 0 Å². The Labute approximate surface area is 143 Å². The highest BCUT2D eigenvalue weighted by Crippen LogP contribution is 2.12. The number of hydrogen-bond acceptors (Lipinski definition) is 4. The number of nitrogens with zero attached hydrogens (tertiary/aromatic N) is 1. The van der Waals surface area contributed by atoms with Crippen LogP contribution >= 0.6 is 11.6 Å². The summed E-state index contributed by atoms with van der Waals surface area (Å²) in [5.41, 5.74) is 0.695. The fourth-order valence-electron chi connectivity index (χ4n) is 1.74. The second kappa shape index (κ2) is 8.51. The summed E-state index contributed by atoms with van der Waals surface area (Å²) in [5.74, 6) is 4.33. The number of rotatable bonds is 4. The Hall–Kier alpha value is -3.10. The molecule has 2 aromatic carbocycles. The van der Waals surface area contributed by atoms with Crippen LogP contribution in [0.25, 0.3) is 6.08 Å². The lowest BCUT2D eigenvalue weighted by atomic mass is 10.2. The van der Waals surface area contributed by atoms with E-state index in [-0.39, 0.29) is 12.3 Å². The van der Waals surface area contributed by atoms with E-state index in [1.54, 1.807) is 54.6 Å². The molecule has 0 fully saturated rings. The summed E-state index contributed by atoms with van der Waals surface area (Å²) in [7, 11) is 0. The fourth-order valence-corrected chi connectivity index (χ4v) is 1.86.